The molecule has 1 aliphatic rings. The van der Waals surface area contributed by atoms with Gasteiger partial charge in [0.2, 0.25) is 5.88 Å². The van der Waals surface area contributed by atoms with Crippen LogP contribution in [0.2, 0.25) is 0 Å². The van der Waals surface area contributed by atoms with E-state index in [9.17, 15) is 24.5 Å². The number of imide groups is 2. The molecule has 2 heterocycles. The Balaban J connectivity index is 1.55. The zero-order valence-electron chi connectivity index (χ0n) is 17.2. The molecular formula is C23H16N4O6. The number of hydrogen-bond acceptors (Lipinski definition) is 7. The molecule has 2 aromatic carbocycles. The average Bonchev–Trinajstić information content (AvgIpc) is 2.79. The molecular weight excluding hydrogens is 428 g/mol. The number of nitro groups is 1. The van der Waals surface area contributed by atoms with Crippen molar-refractivity contribution >= 4 is 35.3 Å². The predicted octanol–water partition coefficient (Wildman–Crippen LogP) is 3.76. The van der Waals surface area contributed by atoms with Crippen LogP contribution < -0.4 is 15.0 Å². The van der Waals surface area contributed by atoms with Gasteiger partial charge in [0.1, 0.15) is 17.5 Å². The van der Waals surface area contributed by atoms with Crippen LogP contribution in [-0.2, 0) is 9.59 Å². The number of pyridine rings is 1. The molecule has 10 nitrogen and oxygen atoms in total. The lowest BCUT2D eigenvalue weighted by Gasteiger charge is -2.27. The summed E-state index contributed by atoms with van der Waals surface area (Å²) < 4.78 is 5.55. The maximum absolute atomic E-state index is 13.0. The number of rotatable bonds is 5. The van der Waals surface area contributed by atoms with Gasteiger partial charge >= 0.3 is 6.03 Å². The van der Waals surface area contributed by atoms with Gasteiger partial charge in [-0.3, -0.25) is 25.0 Å². The Morgan fingerprint density at radius 2 is 1.76 bits per heavy atom. The molecule has 10 heteroatoms. The van der Waals surface area contributed by atoms with Crippen molar-refractivity contribution in [3.05, 3.63) is 93.7 Å². The number of amides is 4. The molecule has 1 saturated heterocycles. The molecule has 33 heavy (non-hydrogen) atoms. The van der Waals surface area contributed by atoms with Crippen LogP contribution in [0.15, 0.2) is 72.4 Å². The summed E-state index contributed by atoms with van der Waals surface area (Å²) in [5, 5.41) is 12.9. The summed E-state index contributed by atoms with van der Waals surface area (Å²) in [5.74, 6) is -0.950. The summed E-state index contributed by atoms with van der Waals surface area (Å²) in [4.78, 5) is 52.6. The van der Waals surface area contributed by atoms with E-state index in [1.807, 2.05) is 0 Å². The van der Waals surface area contributed by atoms with Crippen LogP contribution >= 0.6 is 0 Å². The Labute approximate surface area is 187 Å². The maximum Gasteiger partial charge on any atom is 0.335 e. The maximum atomic E-state index is 13.0. The second-order valence-electron chi connectivity index (χ2n) is 7.03. The molecule has 0 spiro atoms. The Kier molecular flexibility index (Phi) is 5.64. The highest BCUT2D eigenvalue weighted by atomic mass is 16.6. The van der Waals surface area contributed by atoms with Crippen LogP contribution in [0.5, 0.6) is 11.6 Å². The molecule has 0 radical (unpaired) electrons. The molecule has 0 atom stereocenters. The molecule has 0 aliphatic carbocycles. The van der Waals surface area contributed by atoms with E-state index in [-0.39, 0.29) is 17.1 Å². The number of anilines is 1. The summed E-state index contributed by atoms with van der Waals surface area (Å²) in [7, 11) is 0. The lowest BCUT2D eigenvalue weighted by Crippen LogP contribution is -2.54. The van der Waals surface area contributed by atoms with Gasteiger partial charge in [-0.05, 0) is 42.3 Å². The molecule has 4 rings (SSSR count). The summed E-state index contributed by atoms with van der Waals surface area (Å²) in [6, 6.07) is 15.1. The second kappa shape index (κ2) is 8.71. The summed E-state index contributed by atoms with van der Waals surface area (Å²) in [6.45, 7) is 1.76. The van der Waals surface area contributed by atoms with E-state index < -0.39 is 22.8 Å². The SMILES string of the molecule is Cc1ccccc1N1C(=O)NC(=O)C(=Cc2ccc(Oc3ccc([N+](=O)[O-])cn3)cc2)C1=O. The van der Waals surface area contributed by atoms with Crippen LogP contribution in [0, 0.1) is 17.0 Å². The zero-order valence-corrected chi connectivity index (χ0v) is 17.2. The largest absolute Gasteiger partial charge is 0.439 e. The van der Waals surface area contributed by atoms with Crippen molar-refractivity contribution in [1.29, 1.82) is 0 Å². The average molecular weight is 444 g/mol. The topological polar surface area (TPSA) is 132 Å². The van der Waals surface area contributed by atoms with Crippen LogP contribution in [0.1, 0.15) is 11.1 Å². The first-order valence-electron chi connectivity index (χ1n) is 9.69. The van der Waals surface area contributed by atoms with E-state index in [0.29, 0.717) is 22.6 Å². The van der Waals surface area contributed by atoms with Gasteiger partial charge in [-0.25, -0.2) is 14.7 Å². The number of para-hydroxylation sites is 1. The normalized spacial score (nSPS) is 14.9. The van der Waals surface area contributed by atoms with Crippen molar-refractivity contribution in [3.63, 3.8) is 0 Å². The van der Waals surface area contributed by atoms with Gasteiger partial charge in [-0.2, -0.15) is 0 Å². The third kappa shape index (κ3) is 4.44. The molecule has 1 aromatic heterocycles. The molecule has 164 valence electrons. The third-order valence-corrected chi connectivity index (χ3v) is 4.80. The van der Waals surface area contributed by atoms with E-state index >= 15 is 0 Å². The zero-order chi connectivity index (χ0) is 23.5. The van der Waals surface area contributed by atoms with Gasteiger partial charge in [0.25, 0.3) is 17.5 Å². The van der Waals surface area contributed by atoms with Gasteiger partial charge in [-0.15, -0.1) is 0 Å². The van der Waals surface area contributed by atoms with E-state index in [0.717, 1.165) is 11.1 Å². The standard InChI is InChI=1S/C23H16N4O6/c1-14-4-2-3-5-19(14)26-22(29)18(21(28)25-23(26)30)12-15-6-9-17(10-7-15)33-20-11-8-16(13-24-20)27(31)32/h2-13H,1H3,(H,25,28,30). The van der Waals surface area contributed by atoms with E-state index in [1.165, 1.54) is 18.2 Å². The fraction of sp³-hybridized carbons (Fsp3) is 0.0435. The fourth-order valence-electron chi connectivity index (χ4n) is 3.15. The minimum atomic E-state index is -0.809. The highest BCUT2D eigenvalue weighted by Gasteiger charge is 2.37. The van der Waals surface area contributed by atoms with Gasteiger partial charge in [0.05, 0.1) is 10.6 Å². The number of aryl methyl sites for hydroxylation is 1. The Morgan fingerprint density at radius 1 is 1.03 bits per heavy atom. The van der Waals surface area contributed by atoms with Crippen LogP contribution in [0.25, 0.3) is 6.08 Å². The number of carbonyl (C=O) groups is 3. The molecule has 0 unspecified atom stereocenters. The monoisotopic (exact) mass is 444 g/mol. The number of aromatic nitrogens is 1. The summed E-state index contributed by atoms with van der Waals surface area (Å²) in [6.07, 6.45) is 2.46. The van der Waals surface area contributed by atoms with Crippen LogP contribution in [-0.4, -0.2) is 27.8 Å². The minimum Gasteiger partial charge on any atom is -0.439 e. The molecule has 3 aromatic rings. The number of hydrogen-bond donors (Lipinski definition) is 1. The van der Waals surface area contributed by atoms with Gasteiger partial charge in [0, 0.05) is 12.1 Å². The fourth-order valence-corrected chi connectivity index (χ4v) is 3.15. The van der Waals surface area contributed by atoms with E-state index in [4.69, 9.17) is 4.74 Å². The summed E-state index contributed by atoms with van der Waals surface area (Å²) >= 11 is 0. The molecule has 0 bridgehead atoms. The highest BCUT2D eigenvalue weighted by Crippen LogP contribution is 2.26. The second-order valence-corrected chi connectivity index (χ2v) is 7.03. The van der Waals surface area contributed by atoms with Crippen molar-refractivity contribution in [2.75, 3.05) is 4.90 Å². The molecule has 1 fully saturated rings. The quantitative estimate of drug-likeness (QED) is 0.274. The lowest BCUT2D eigenvalue weighted by molar-refractivity contribution is -0.385. The van der Waals surface area contributed by atoms with Gasteiger partial charge in [0.15, 0.2) is 0 Å². The molecule has 1 aliphatic heterocycles. The number of carbonyl (C=O) groups excluding carboxylic acids is 3. The van der Waals surface area contributed by atoms with E-state index in [2.05, 4.69) is 10.3 Å². The smallest absolute Gasteiger partial charge is 0.335 e. The molecule has 1 N–H and O–H groups in total. The predicted molar refractivity (Wildman–Crippen MR) is 118 cm³/mol. The van der Waals surface area contributed by atoms with Gasteiger partial charge in [-0.1, -0.05) is 30.3 Å². The molecule has 0 saturated carbocycles. The Bertz CT molecular complexity index is 1300. The number of nitrogens with one attached hydrogen (secondary N) is 1. The lowest BCUT2D eigenvalue weighted by atomic mass is 10.1. The Morgan fingerprint density at radius 3 is 2.39 bits per heavy atom. The van der Waals surface area contributed by atoms with Crippen molar-refractivity contribution in [1.82, 2.24) is 10.3 Å². The number of nitrogens with zero attached hydrogens (tertiary/aromatic N) is 3. The number of ether oxygens (including phenoxy) is 1. The number of barbiturate groups is 1. The third-order valence-electron chi connectivity index (χ3n) is 4.80. The van der Waals surface area contributed by atoms with Crippen LogP contribution in [0.4, 0.5) is 16.2 Å². The van der Waals surface area contributed by atoms with Crippen LogP contribution in [0.3, 0.4) is 0 Å². The van der Waals surface area contributed by atoms with Crippen molar-refractivity contribution in [2.24, 2.45) is 0 Å². The first-order chi connectivity index (χ1) is 15.8. The van der Waals surface area contributed by atoms with Crippen molar-refractivity contribution in [2.45, 2.75) is 6.92 Å². The van der Waals surface area contributed by atoms with Crippen molar-refractivity contribution < 1.29 is 24.0 Å². The molecule has 4 amide bonds. The van der Waals surface area contributed by atoms with E-state index in [1.54, 1.807) is 55.5 Å². The minimum absolute atomic E-state index is 0.155. The highest BCUT2D eigenvalue weighted by molar-refractivity contribution is 6.39. The summed E-state index contributed by atoms with van der Waals surface area (Å²) in [5.41, 5.74) is 1.27. The van der Waals surface area contributed by atoms with Gasteiger partial charge < -0.3 is 4.74 Å². The van der Waals surface area contributed by atoms with Crippen molar-refractivity contribution in [3.8, 4) is 11.6 Å². The Hall–Kier alpha value is -4.86. The first-order valence-corrected chi connectivity index (χ1v) is 9.69. The number of benzene rings is 2. The first kappa shape index (κ1) is 21.4. The number of urea groups is 1.